The predicted molar refractivity (Wildman–Crippen MR) is 107 cm³/mol. The van der Waals surface area contributed by atoms with Gasteiger partial charge in [0.15, 0.2) is 0 Å². The van der Waals surface area contributed by atoms with Gasteiger partial charge in [-0.2, -0.15) is 4.31 Å². The van der Waals surface area contributed by atoms with E-state index in [0.29, 0.717) is 11.4 Å². The van der Waals surface area contributed by atoms with Crippen molar-refractivity contribution in [3.8, 4) is 5.75 Å². The van der Waals surface area contributed by atoms with Crippen molar-refractivity contribution in [2.75, 3.05) is 31.3 Å². The fraction of sp³-hybridized carbons (Fsp3) is 0.263. The number of benzene rings is 2. The summed E-state index contributed by atoms with van der Waals surface area (Å²) in [5, 5.41) is 5.25. The van der Waals surface area contributed by atoms with Crippen LogP contribution in [0.3, 0.4) is 0 Å². The number of anilines is 2. The number of methoxy groups -OCH3 is 1. The molecular weight excluding hydrogens is 382 g/mol. The zero-order valence-electron chi connectivity index (χ0n) is 16.1. The Morgan fingerprint density at radius 2 is 1.61 bits per heavy atom. The first kappa shape index (κ1) is 21.4. The molecule has 0 saturated carbocycles. The van der Waals surface area contributed by atoms with Gasteiger partial charge in [-0.05, 0) is 48.9 Å². The Labute approximate surface area is 164 Å². The first-order valence-corrected chi connectivity index (χ1v) is 9.86. The van der Waals surface area contributed by atoms with Crippen molar-refractivity contribution in [2.24, 2.45) is 0 Å². The van der Waals surface area contributed by atoms with Crippen LogP contribution in [0.1, 0.15) is 12.5 Å². The van der Waals surface area contributed by atoms with Crippen LogP contribution in [0.15, 0.2) is 47.4 Å². The van der Waals surface area contributed by atoms with E-state index in [-0.39, 0.29) is 23.1 Å². The molecule has 0 fully saturated rings. The molecule has 0 heterocycles. The summed E-state index contributed by atoms with van der Waals surface area (Å²) in [6.07, 6.45) is 0. The molecule has 2 rings (SSSR count). The van der Waals surface area contributed by atoms with Crippen molar-refractivity contribution in [2.45, 2.75) is 18.7 Å². The van der Waals surface area contributed by atoms with Gasteiger partial charge in [0.1, 0.15) is 10.6 Å². The Morgan fingerprint density at radius 1 is 1.04 bits per heavy atom. The number of ether oxygens (including phenoxy) is 1. The second-order valence-corrected chi connectivity index (χ2v) is 8.24. The van der Waals surface area contributed by atoms with E-state index in [4.69, 9.17) is 4.74 Å². The van der Waals surface area contributed by atoms with E-state index in [1.807, 2.05) is 0 Å². The van der Waals surface area contributed by atoms with Gasteiger partial charge >= 0.3 is 0 Å². The van der Waals surface area contributed by atoms with Crippen molar-refractivity contribution in [3.63, 3.8) is 0 Å². The predicted octanol–water partition coefficient (Wildman–Crippen LogP) is 2.22. The van der Waals surface area contributed by atoms with Crippen LogP contribution in [-0.4, -0.2) is 45.2 Å². The van der Waals surface area contributed by atoms with Crippen molar-refractivity contribution in [1.29, 1.82) is 0 Å². The Kier molecular flexibility index (Phi) is 6.76. The molecule has 0 aromatic heterocycles. The monoisotopic (exact) mass is 405 g/mol. The molecule has 0 atom stereocenters. The maximum Gasteiger partial charge on any atom is 0.246 e. The van der Waals surface area contributed by atoms with E-state index < -0.39 is 15.9 Å². The molecule has 0 aliphatic rings. The molecular formula is C19H23N3O5S. The number of amides is 2. The van der Waals surface area contributed by atoms with Gasteiger partial charge < -0.3 is 15.4 Å². The minimum Gasteiger partial charge on any atom is -0.495 e. The van der Waals surface area contributed by atoms with Gasteiger partial charge in [-0.15, -0.1) is 0 Å². The molecule has 0 spiro atoms. The number of aryl methyl sites for hydroxylation is 1. The van der Waals surface area contributed by atoms with Crippen LogP contribution in [0.25, 0.3) is 0 Å². The second-order valence-electron chi connectivity index (χ2n) is 6.22. The van der Waals surface area contributed by atoms with Crippen molar-refractivity contribution < 1.29 is 22.7 Å². The lowest BCUT2D eigenvalue weighted by Gasteiger charge is -2.19. The lowest BCUT2D eigenvalue weighted by Crippen LogP contribution is -2.35. The minimum atomic E-state index is -3.91. The highest BCUT2D eigenvalue weighted by Crippen LogP contribution is 2.27. The van der Waals surface area contributed by atoms with Gasteiger partial charge in [-0.1, -0.05) is 6.07 Å². The van der Waals surface area contributed by atoms with E-state index in [0.717, 1.165) is 9.87 Å². The lowest BCUT2D eigenvalue weighted by molar-refractivity contribution is -0.116. The molecule has 9 heteroatoms. The average molecular weight is 405 g/mol. The second kappa shape index (κ2) is 8.85. The Balaban J connectivity index is 2.09. The van der Waals surface area contributed by atoms with Gasteiger partial charge in [0.2, 0.25) is 21.8 Å². The number of carbonyl (C=O) groups excluding carboxylic acids is 2. The zero-order valence-corrected chi connectivity index (χ0v) is 17.0. The topological polar surface area (TPSA) is 105 Å². The fourth-order valence-electron chi connectivity index (χ4n) is 2.48. The van der Waals surface area contributed by atoms with Crippen molar-refractivity contribution >= 4 is 33.2 Å². The Bertz CT molecular complexity index is 972. The summed E-state index contributed by atoms with van der Waals surface area (Å²) in [4.78, 5) is 23.3. The van der Waals surface area contributed by atoms with Crippen LogP contribution in [0.2, 0.25) is 0 Å². The van der Waals surface area contributed by atoms with Gasteiger partial charge in [-0.25, -0.2) is 8.42 Å². The summed E-state index contributed by atoms with van der Waals surface area (Å²) in [6.45, 7) is 2.80. The van der Waals surface area contributed by atoms with Gasteiger partial charge in [-0.3, -0.25) is 9.59 Å². The highest BCUT2D eigenvalue weighted by atomic mass is 32.2. The van der Waals surface area contributed by atoms with Crippen LogP contribution in [-0.2, 0) is 19.6 Å². The van der Waals surface area contributed by atoms with Crippen LogP contribution < -0.4 is 15.4 Å². The molecule has 2 aromatic carbocycles. The van der Waals surface area contributed by atoms with E-state index in [9.17, 15) is 18.0 Å². The summed E-state index contributed by atoms with van der Waals surface area (Å²) in [5.74, 6) is -0.480. The molecule has 2 aromatic rings. The molecule has 0 unspecified atom stereocenters. The molecule has 2 amide bonds. The maximum atomic E-state index is 12.8. The average Bonchev–Trinajstić information content (AvgIpc) is 2.62. The first-order chi connectivity index (χ1) is 13.1. The number of rotatable bonds is 7. The molecule has 28 heavy (non-hydrogen) atoms. The zero-order chi connectivity index (χ0) is 20.9. The van der Waals surface area contributed by atoms with E-state index in [1.165, 1.54) is 27.1 Å². The third-order valence-electron chi connectivity index (χ3n) is 3.86. The summed E-state index contributed by atoms with van der Waals surface area (Å²) < 4.78 is 31.8. The number of nitrogens with one attached hydrogen (secondary N) is 2. The lowest BCUT2D eigenvalue weighted by atomic mass is 10.2. The van der Waals surface area contributed by atoms with E-state index in [1.54, 1.807) is 43.3 Å². The van der Waals surface area contributed by atoms with Crippen LogP contribution in [0.4, 0.5) is 11.4 Å². The normalized spacial score (nSPS) is 11.2. The highest BCUT2D eigenvalue weighted by Gasteiger charge is 2.26. The Hall–Kier alpha value is -2.91. The summed E-state index contributed by atoms with van der Waals surface area (Å²) in [5.41, 5.74) is 1.84. The van der Waals surface area contributed by atoms with Crippen LogP contribution in [0.5, 0.6) is 5.75 Å². The van der Waals surface area contributed by atoms with Crippen LogP contribution in [0, 0.1) is 6.92 Å². The number of sulfonamides is 1. The molecule has 150 valence electrons. The summed E-state index contributed by atoms with van der Waals surface area (Å²) in [7, 11) is -1.19. The standard InChI is InChI=1S/C19H23N3O5S/c1-13-5-10-17(27-4)18(11-13)28(25,26)22(3)12-19(24)21-16-8-6-15(7-9-16)20-14(2)23/h5-11H,12H2,1-4H3,(H,20,23)(H,21,24). The third kappa shape index (κ3) is 5.30. The fourth-order valence-corrected chi connectivity index (χ4v) is 3.84. The molecule has 8 nitrogen and oxygen atoms in total. The molecule has 0 bridgehead atoms. The summed E-state index contributed by atoms with van der Waals surface area (Å²) >= 11 is 0. The number of hydrogen-bond donors (Lipinski definition) is 2. The number of nitrogens with zero attached hydrogens (tertiary/aromatic N) is 1. The van der Waals surface area contributed by atoms with Crippen molar-refractivity contribution in [1.82, 2.24) is 4.31 Å². The minimum absolute atomic E-state index is 0.00459. The molecule has 0 radical (unpaired) electrons. The van der Waals surface area contributed by atoms with Gasteiger partial charge in [0, 0.05) is 25.3 Å². The number of likely N-dealkylation sites (N-methyl/N-ethyl adjacent to an activating group) is 1. The quantitative estimate of drug-likeness (QED) is 0.735. The highest BCUT2D eigenvalue weighted by molar-refractivity contribution is 7.89. The molecule has 0 saturated heterocycles. The third-order valence-corrected chi connectivity index (χ3v) is 5.69. The maximum absolute atomic E-state index is 12.8. The number of hydrogen-bond acceptors (Lipinski definition) is 5. The van der Waals surface area contributed by atoms with Crippen LogP contribution >= 0.6 is 0 Å². The summed E-state index contributed by atoms with van der Waals surface area (Å²) in [6, 6.07) is 11.3. The largest absolute Gasteiger partial charge is 0.495 e. The first-order valence-electron chi connectivity index (χ1n) is 8.42. The smallest absolute Gasteiger partial charge is 0.246 e. The van der Waals surface area contributed by atoms with Gasteiger partial charge in [0.05, 0.1) is 13.7 Å². The number of carbonyl (C=O) groups is 2. The van der Waals surface area contributed by atoms with E-state index in [2.05, 4.69) is 10.6 Å². The van der Waals surface area contributed by atoms with Gasteiger partial charge in [0.25, 0.3) is 0 Å². The SMILES string of the molecule is COc1ccc(C)cc1S(=O)(=O)N(C)CC(=O)Nc1ccc(NC(C)=O)cc1. The molecule has 2 N–H and O–H groups in total. The molecule has 0 aliphatic carbocycles. The Morgan fingerprint density at radius 3 is 2.14 bits per heavy atom. The van der Waals surface area contributed by atoms with Crippen molar-refractivity contribution in [3.05, 3.63) is 48.0 Å². The molecule has 0 aliphatic heterocycles. The van der Waals surface area contributed by atoms with E-state index >= 15 is 0 Å².